The number of hydrogen-bond acceptors (Lipinski definition) is 14. The number of phosphoric ester groups is 2. The molecule has 0 spiro atoms. The third-order valence-corrected chi connectivity index (χ3v) is 18.9. The maximum absolute atomic E-state index is 13.0. The topological polar surface area (TPSA) is 231 Å². The predicted octanol–water partition coefficient (Wildman–Crippen LogP) is 25.7. The fourth-order valence-corrected chi connectivity index (χ4v) is 12.3. The van der Waals surface area contributed by atoms with Gasteiger partial charge < -0.3 is 34.2 Å². The monoisotopic (exact) mass is 1590 g/mol. The minimum atomic E-state index is -4.97. The highest BCUT2D eigenvalue weighted by atomic mass is 31.2. The van der Waals surface area contributed by atoms with E-state index < -0.39 is 91.5 Å². The van der Waals surface area contributed by atoms with Crippen LogP contribution in [0.5, 0.6) is 0 Å². The van der Waals surface area contributed by atoms with Crippen molar-refractivity contribution in [3.63, 3.8) is 0 Å². The van der Waals surface area contributed by atoms with Gasteiger partial charge in [0.15, 0.2) is 6.10 Å². The van der Waals surface area contributed by atoms with Crippen LogP contribution in [0.1, 0.15) is 303 Å². The number of hydrogen-bond donors (Lipinski definition) is 4. The molecule has 0 amide bonds. The first-order valence-corrected chi connectivity index (χ1v) is 45.4. The predicted molar refractivity (Wildman–Crippen MR) is 463 cm³/mol. The number of aliphatic hydroxyl groups excluding tert-OH is 2. The zero-order valence-corrected chi connectivity index (χ0v) is 70.6. The third-order valence-electron chi connectivity index (χ3n) is 17.0. The lowest BCUT2D eigenvalue weighted by Crippen LogP contribution is -2.29. The number of unbranched alkanes of at least 4 members (excludes halogenated alkanes) is 21. The van der Waals surface area contributed by atoms with Crippen LogP contribution in [-0.2, 0) is 55.8 Å². The molecule has 0 saturated heterocycles. The maximum atomic E-state index is 13.0. The molecule has 0 heterocycles. The molecule has 628 valence electrons. The van der Waals surface area contributed by atoms with Gasteiger partial charge in [0.25, 0.3) is 0 Å². The molecule has 0 rings (SSSR count). The molecular formula is C93H150O16P2. The Labute approximate surface area is 673 Å². The molecule has 0 aliphatic heterocycles. The highest BCUT2D eigenvalue weighted by Gasteiger charge is 2.29. The average molecular weight is 1590 g/mol. The smallest absolute Gasteiger partial charge is 0.463 e. The number of carbonyl (C=O) groups is 3. The van der Waals surface area contributed by atoms with Crippen molar-refractivity contribution in [3.05, 3.63) is 207 Å². The molecule has 0 aromatic rings. The Morgan fingerprint density at radius 3 is 0.748 bits per heavy atom. The summed E-state index contributed by atoms with van der Waals surface area (Å²) in [5.74, 6) is -1.70. The molecule has 0 aliphatic rings. The van der Waals surface area contributed by atoms with Crippen LogP contribution in [0.4, 0.5) is 0 Å². The van der Waals surface area contributed by atoms with Crippen LogP contribution >= 0.6 is 15.6 Å². The minimum absolute atomic E-state index is 0.0323. The molecule has 111 heavy (non-hydrogen) atoms. The van der Waals surface area contributed by atoms with Crippen molar-refractivity contribution in [1.82, 2.24) is 0 Å². The summed E-state index contributed by atoms with van der Waals surface area (Å²) < 4.78 is 61.2. The highest BCUT2D eigenvalue weighted by Crippen LogP contribution is 2.45. The SMILES string of the molecule is CC/C=C\C/C=C\C/C=C\C/C=C\C/C=C\C/C=C\CCCCCCCCC(=O)OCC(COP(=O)(O)OCC(O)COP(=O)(O)OCC(O)COC(=O)CCCCCCCCCCCCCCCCC/C=C\C/C=C\C/C=C\C/C=C\C/C=C\CC)OC(=O)CC/C=C\C/C=C\C/C=C\C/C=C\C/C=C\C/C=C\CC. The molecule has 0 saturated carbocycles. The van der Waals surface area contributed by atoms with Crippen LogP contribution in [0.25, 0.3) is 0 Å². The molecule has 0 bridgehead atoms. The van der Waals surface area contributed by atoms with Crippen molar-refractivity contribution < 1.29 is 75.8 Å². The molecule has 5 atom stereocenters. The van der Waals surface area contributed by atoms with Crippen LogP contribution in [0.2, 0.25) is 0 Å². The number of aliphatic hydroxyl groups is 2. The van der Waals surface area contributed by atoms with Gasteiger partial charge in [-0.05, 0) is 154 Å². The minimum Gasteiger partial charge on any atom is -0.463 e. The van der Waals surface area contributed by atoms with Gasteiger partial charge in [0.1, 0.15) is 25.4 Å². The summed E-state index contributed by atoms with van der Waals surface area (Å²) in [6, 6.07) is 0. The maximum Gasteiger partial charge on any atom is 0.472 e. The summed E-state index contributed by atoms with van der Waals surface area (Å²) in [7, 11) is -9.84. The molecule has 0 fully saturated rings. The lowest BCUT2D eigenvalue weighted by molar-refractivity contribution is -0.161. The normalized spacial score (nSPS) is 14.9. The van der Waals surface area contributed by atoms with Crippen molar-refractivity contribution >= 4 is 33.6 Å². The van der Waals surface area contributed by atoms with Gasteiger partial charge in [0, 0.05) is 19.3 Å². The van der Waals surface area contributed by atoms with E-state index in [1.807, 2.05) is 18.2 Å². The second-order valence-corrected chi connectivity index (χ2v) is 30.4. The molecule has 5 unspecified atom stereocenters. The van der Waals surface area contributed by atoms with Crippen molar-refractivity contribution in [3.8, 4) is 0 Å². The van der Waals surface area contributed by atoms with E-state index in [4.69, 9.17) is 32.3 Å². The molecule has 4 N–H and O–H groups in total. The first-order valence-electron chi connectivity index (χ1n) is 42.4. The van der Waals surface area contributed by atoms with E-state index >= 15 is 0 Å². The standard InChI is InChI=1S/C93H150O16P2/c1-4-7-10-13-16-19-22-25-28-31-34-36-38-40-41-42-43-44-45-47-49-50-53-55-58-61-64-67-70-73-76-79-91(96)103-82-88(94)83-105-110(99,100)106-84-89(95)85-107-111(101,102)108-87-90(109-93(98)81-78-75-72-69-66-63-60-57-52-33-30-27-24-21-18-15-12-9-6-3)86-104-92(97)80-77-74-71-68-65-62-59-56-54-51-48-46-39-37-35-32-29-26-23-20-17-14-11-8-5-2/h7-12,16-21,25-30,34-37,40-41,46,48,52,54,56-57,63,66,72,75,88-90,94-95H,4-6,13-15,22-24,31-33,38-39,42-45,47,49-51,53,55,58-62,64-65,67-71,73-74,76-87H2,1-3H3,(H,99,100)(H,101,102)/b10-7-,11-8-,12-9-,19-16-,20-17-,21-18-,28-25-,29-26-,30-27-,36-34-,37-35-,41-40-,48-46-,56-54-,57-52-,66-63-,75-72-. The van der Waals surface area contributed by atoms with Gasteiger partial charge in [-0.3, -0.25) is 32.5 Å². The Balaban J connectivity index is 4.65. The van der Waals surface area contributed by atoms with Crippen LogP contribution in [-0.4, -0.2) is 95.9 Å². The fourth-order valence-electron chi connectivity index (χ4n) is 10.7. The van der Waals surface area contributed by atoms with Gasteiger partial charge in [0.2, 0.25) is 0 Å². The summed E-state index contributed by atoms with van der Waals surface area (Å²) >= 11 is 0. The van der Waals surface area contributed by atoms with Gasteiger partial charge >= 0.3 is 33.6 Å². The fraction of sp³-hybridized carbons (Fsp3) is 0.602. The van der Waals surface area contributed by atoms with Crippen molar-refractivity contribution in [2.75, 3.05) is 39.6 Å². The number of phosphoric acid groups is 2. The van der Waals surface area contributed by atoms with Crippen LogP contribution in [0.15, 0.2) is 207 Å². The third kappa shape index (κ3) is 84.9. The lowest BCUT2D eigenvalue weighted by Gasteiger charge is -2.21. The van der Waals surface area contributed by atoms with Gasteiger partial charge in [0.05, 0.1) is 26.4 Å². The van der Waals surface area contributed by atoms with E-state index in [1.54, 1.807) is 0 Å². The summed E-state index contributed by atoms with van der Waals surface area (Å²) in [5.41, 5.74) is 0. The number of carbonyl (C=O) groups excluding carboxylic acids is 3. The Hall–Kier alpha value is -5.87. The Bertz CT molecular complexity index is 2850. The van der Waals surface area contributed by atoms with E-state index in [0.29, 0.717) is 25.7 Å². The summed E-state index contributed by atoms with van der Waals surface area (Å²) in [6.07, 6.45) is 112. The first kappa shape index (κ1) is 105. The Morgan fingerprint density at radius 2 is 0.468 bits per heavy atom. The number of ether oxygens (including phenoxy) is 3. The van der Waals surface area contributed by atoms with Gasteiger partial charge in [-0.15, -0.1) is 0 Å². The van der Waals surface area contributed by atoms with E-state index in [-0.39, 0.29) is 19.3 Å². The lowest BCUT2D eigenvalue weighted by atomic mass is 10.0. The number of allylic oxidation sites excluding steroid dienone is 34. The van der Waals surface area contributed by atoms with E-state index in [9.17, 15) is 43.5 Å². The Morgan fingerprint density at radius 1 is 0.252 bits per heavy atom. The van der Waals surface area contributed by atoms with E-state index in [0.717, 1.165) is 161 Å². The average Bonchev–Trinajstić information content (AvgIpc) is 0.902. The van der Waals surface area contributed by atoms with E-state index in [1.165, 1.54) is 77.0 Å². The zero-order chi connectivity index (χ0) is 80.8. The Kier molecular flexibility index (Phi) is 79.1. The molecule has 0 aliphatic carbocycles. The molecule has 16 nitrogen and oxygen atoms in total. The largest absolute Gasteiger partial charge is 0.472 e. The second kappa shape index (κ2) is 83.6. The molecule has 0 radical (unpaired) electrons. The van der Waals surface area contributed by atoms with Gasteiger partial charge in [-0.25, -0.2) is 9.13 Å². The first-order chi connectivity index (χ1) is 54.2. The number of rotatable bonds is 78. The molecule has 18 heteroatoms. The van der Waals surface area contributed by atoms with Crippen LogP contribution in [0.3, 0.4) is 0 Å². The van der Waals surface area contributed by atoms with Gasteiger partial charge in [-0.2, -0.15) is 0 Å². The molecule has 0 aromatic heterocycles. The molecule has 0 aromatic carbocycles. The highest BCUT2D eigenvalue weighted by molar-refractivity contribution is 7.47. The summed E-state index contributed by atoms with van der Waals surface area (Å²) in [4.78, 5) is 58.8. The molecular weight excluding hydrogens is 1430 g/mol. The van der Waals surface area contributed by atoms with Gasteiger partial charge in [-0.1, -0.05) is 337 Å². The van der Waals surface area contributed by atoms with Crippen molar-refractivity contribution in [2.45, 2.75) is 322 Å². The number of esters is 3. The van der Waals surface area contributed by atoms with E-state index in [2.05, 4.69) is 209 Å². The summed E-state index contributed by atoms with van der Waals surface area (Å²) in [5, 5.41) is 20.7. The van der Waals surface area contributed by atoms with Crippen LogP contribution in [0, 0.1) is 0 Å². The van der Waals surface area contributed by atoms with Crippen LogP contribution < -0.4 is 0 Å². The zero-order valence-electron chi connectivity index (χ0n) is 68.8. The van der Waals surface area contributed by atoms with Crippen molar-refractivity contribution in [2.24, 2.45) is 0 Å². The van der Waals surface area contributed by atoms with Crippen molar-refractivity contribution in [1.29, 1.82) is 0 Å². The quantitative estimate of drug-likeness (QED) is 0.0146. The second-order valence-electron chi connectivity index (χ2n) is 27.5. The summed E-state index contributed by atoms with van der Waals surface area (Å²) in [6.45, 7) is 2.22.